The van der Waals surface area contributed by atoms with Crippen LogP contribution in [-0.2, 0) is 0 Å². The van der Waals surface area contributed by atoms with Gasteiger partial charge in [-0.2, -0.15) is 5.26 Å². The number of aromatic nitrogens is 1. The molecular weight excluding hydrogens is 256 g/mol. The Morgan fingerprint density at radius 3 is 2.88 bits per heavy atom. The standard InChI is InChI=1S/C12H9ClN2OS/c1-8(15-6-2-3-9(15)7-14)12(16)10-4-5-11(13)17-10/h2-6,8H,1H3. The predicted octanol–water partition coefficient (Wildman–Crippen LogP) is 3.52. The maximum atomic E-state index is 12.1. The van der Waals surface area contributed by atoms with Crippen LogP contribution in [0.1, 0.15) is 28.3 Å². The monoisotopic (exact) mass is 264 g/mol. The van der Waals surface area contributed by atoms with Crippen LogP contribution in [0.5, 0.6) is 0 Å². The van der Waals surface area contributed by atoms with Crippen molar-refractivity contribution in [2.45, 2.75) is 13.0 Å². The second kappa shape index (κ2) is 4.74. The van der Waals surface area contributed by atoms with Crippen molar-refractivity contribution in [3.63, 3.8) is 0 Å². The third-order valence-electron chi connectivity index (χ3n) is 2.51. The van der Waals surface area contributed by atoms with Crippen LogP contribution < -0.4 is 0 Å². The first-order valence-corrected chi connectivity index (χ1v) is 6.19. The van der Waals surface area contributed by atoms with E-state index in [0.717, 1.165) is 0 Å². The quantitative estimate of drug-likeness (QED) is 0.797. The topological polar surface area (TPSA) is 45.8 Å². The largest absolute Gasteiger partial charge is 0.329 e. The lowest BCUT2D eigenvalue weighted by Gasteiger charge is -2.12. The number of nitriles is 1. The van der Waals surface area contributed by atoms with Gasteiger partial charge in [0.25, 0.3) is 0 Å². The summed E-state index contributed by atoms with van der Waals surface area (Å²) in [4.78, 5) is 12.8. The summed E-state index contributed by atoms with van der Waals surface area (Å²) < 4.78 is 2.25. The van der Waals surface area contributed by atoms with E-state index in [2.05, 4.69) is 6.07 Å². The fourth-order valence-corrected chi connectivity index (χ4v) is 2.67. The van der Waals surface area contributed by atoms with Crippen molar-refractivity contribution < 1.29 is 4.79 Å². The zero-order valence-corrected chi connectivity index (χ0v) is 10.6. The van der Waals surface area contributed by atoms with Crippen molar-refractivity contribution in [3.05, 3.63) is 45.4 Å². The maximum absolute atomic E-state index is 12.1. The van der Waals surface area contributed by atoms with Gasteiger partial charge in [0.2, 0.25) is 0 Å². The molecule has 0 amide bonds. The minimum Gasteiger partial charge on any atom is -0.329 e. The molecule has 0 fully saturated rings. The highest BCUT2D eigenvalue weighted by atomic mass is 35.5. The summed E-state index contributed by atoms with van der Waals surface area (Å²) in [7, 11) is 0. The average Bonchev–Trinajstić information content (AvgIpc) is 2.95. The van der Waals surface area contributed by atoms with E-state index in [9.17, 15) is 4.79 Å². The van der Waals surface area contributed by atoms with E-state index in [4.69, 9.17) is 16.9 Å². The molecule has 0 aliphatic heterocycles. The number of carbonyl (C=O) groups excluding carboxylic acids is 1. The van der Waals surface area contributed by atoms with Gasteiger partial charge >= 0.3 is 0 Å². The Morgan fingerprint density at radius 2 is 2.29 bits per heavy atom. The Balaban J connectivity index is 2.30. The Hall–Kier alpha value is -1.57. The first kappa shape index (κ1) is 11.9. The third kappa shape index (κ3) is 2.26. The molecule has 2 heterocycles. The molecule has 3 nitrogen and oxygen atoms in total. The Labute approximate surface area is 108 Å². The number of thiophene rings is 1. The van der Waals surface area contributed by atoms with Gasteiger partial charge in [0.15, 0.2) is 5.78 Å². The molecule has 1 atom stereocenters. The molecule has 0 spiro atoms. The van der Waals surface area contributed by atoms with Crippen LogP contribution in [0, 0.1) is 11.3 Å². The summed E-state index contributed by atoms with van der Waals surface area (Å²) in [5.74, 6) is -0.0328. The summed E-state index contributed by atoms with van der Waals surface area (Å²) in [5.41, 5.74) is 0.480. The lowest BCUT2D eigenvalue weighted by Crippen LogP contribution is -2.16. The van der Waals surface area contributed by atoms with Crippen LogP contribution in [0.2, 0.25) is 4.34 Å². The number of ketones is 1. The van der Waals surface area contributed by atoms with Crippen molar-refractivity contribution in [3.8, 4) is 6.07 Å². The summed E-state index contributed by atoms with van der Waals surface area (Å²) in [5, 5.41) is 8.91. The number of hydrogen-bond donors (Lipinski definition) is 0. The second-order valence-electron chi connectivity index (χ2n) is 3.56. The second-order valence-corrected chi connectivity index (χ2v) is 5.27. The lowest BCUT2D eigenvalue weighted by atomic mass is 10.2. The Morgan fingerprint density at radius 1 is 1.53 bits per heavy atom. The number of carbonyl (C=O) groups is 1. The van der Waals surface area contributed by atoms with Crippen molar-refractivity contribution in [2.75, 3.05) is 0 Å². The van der Waals surface area contributed by atoms with E-state index < -0.39 is 6.04 Å². The predicted molar refractivity (Wildman–Crippen MR) is 67.5 cm³/mol. The fourth-order valence-electron chi connectivity index (χ4n) is 1.60. The van der Waals surface area contributed by atoms with Gasteiger partial charge in [-0.05, 0) is 31.2 Å². The number of halogens is 1. The van der Waals surface area contributed by atoms with Gasteiger partial charge in [0.1, 0.15) is 11.8 Å². The van der Waals surface area contributed by atoms with E-state index in [-0.39, 0.29) is 5.78 Å². The summed E-state index contributed by atoms with van der Waals surface area (Å²) >= 11 is 7.05. The molecule has 0 aliphatic carbocycles. The normalized spacial score (nSPS) is 12.1. The van der Waals surface area contributed by atoms with Gasteiger partial charge in [-0.15, -0.1) is 11.3 Å². The van der Waals surface area contributed by atoms with Gasteiger partial charge in [0, 0.05) is 6.20 Å². The molecule has 0 radical (unpaired) electrons. The fraction of sp³-hybridized carbons (Fsp3) is 0.167. The summed E-state index contributed by atoms with van der Waals surface area (Å²) in [6.07, 6.45) is 1.73. The molecular formula is C12H9ClN2OS. The van der Waals surface area contributed by atoms with Crippen molar-refractivity contribution in [1.29, 1.82) is 5.26 Å². The molecule has 2 aromatic heterocycles. The lowest BCUT2D eigenvalue weighted by molar-refractivity contribution is 0.0939. The molecule has 86 valence electrons. The van der Waals surface area contributed by atoms with Crippen LogP contribution in [-0.4, -0.2) is 10.4 Å². The van der Waals surface area contributed by atoms with Gasteiger partial charge in [-0.3, -0.25) is 4.79 Å². The molecule has 0 aromatic carbocycles. The molecule has 1 unspecified atom stereocenters. The number of rotatable bonds is 3. The summed E-state index contributed by atoms with van der Waals surface area (Å²) in [6, 6.07) is 8.51. The van der Waals surface area contributed by atoms with Crippen LogP contribution in [0.15, 0.2) is 30.5 Å². The van der Waals surface area contributed by atoms with Crippen LogP contribution in [0.3, 0.4) is 0 Å². The third-order valence-corrected chi connectivity index (χ3v) is 3.75. The van der Waals surface area contributed by atoms with Crippen molar-refractivity contribution in [1.82, 2.24) is 4.57 Å². The highest BCUT2D eigenvalue weighted by Crippen LogP contribution is 2.25. The highest BCUT2D eigenvalue weighted by Gasteiger charge is 2.19. The first-order valence-electron chi connectivity index (χ1n) is 5.00. The van der Waals surface area contributed by atoms with Crippen molar-refractivity contribution >= 4 is 28.7 Å². The number of hydrogen-bond acceptors (Lipinski definition) is 3. The van der Waals surface area contributed by atoms with Crippen LogP contribution >= 0.6 is 22.9 Å². The van der Waals surface area contributed by atoms with Crippen LogP contribution in [0.4, 0.5) is 0 Å². The minimum atomic E-state index is -0.394. The molecule has 2 aromatic rings. The zero-order valence-electron chi connectivity index (χ0n) is 9.05. The highest BCUT2D eigenvalue weighted by molar-refractivity contribution is 7.18. The van der Waals surface area contributed by atoms with E-state index >= 15 is 0 Å². The molecule has 0 N–H and O–H groups in total. The first-order chi connectivity index (χ1) is 8.13. The van der Waals surface area contributed by atoms with E-state index in [1.807, 2.05) is 0 Å². The SMILES string of the molecule is CC(C(=O)c1ccc(Cl)s1)n1cccc1C#N. The van der Waals surface area contributed by atoms with Gasteiger partial charge in [0.05, 0.1) is 15.3 Å². The minimum absolute atomic E-state index is 0.0328. The molecule has 2 rings (SSSR count). The Bertz CT molecular complexity index is 594. The van der Waals surface area contributed by atoms with Crippen molar-refractivity contribution in [2.24, 2.45) is 0 Å². The van der Waals surface area contributed by atoms with Gasteiger partial charge < -0.3 is 4.57 Å². The molecule has 0 saturated carbocycles. The van der Waals surface area contributed by atoms with Gasteiger partial charge in [-0.25, -0.2) is 0 Å². The van der Waals surface area contributed by atoms with E-state index in [1.54, 1.807) is 42.0 Å². The maximum Gasteiger partial charge on any atom is 0.195 e. The average molecular weight is 265 g/mol. The molecule has 0 saturated heterocycles. The molecule has 0 bridgehead atoms. The zero-order chi connectivity index (χ0) is 12.4. The molecule has 5 heteroatoms. The molecule has 17 heavy (non-hydrogen) atoms. The molecule has 0 aliphatic rings. The van der Waals surface area contributed by atoms with Crippen LogP contribution in [0.25, 0.3) is 0 Å². The Kier molecular flexibility index (Phi) is 3.32. The number of nitrogens with zero attached hydrogens (tertiary/aromatic N) is 2. The number of Topliss-reactive ketones (excluding diaryl/α,β-unsaturated/α-hetero) is 1. The summed E-state index contributed by atoms with van der Waals surface area (Å²) in [6.45, 7) is 1.77. The smallest absolute Gasteiger partial charge is 0.195 e. The van der Waals surface area contributed by atoms with E-state index in [0.29, 0.717) is 14.9 Å². The van der Waals surface area contributed by atoms with Gasteiger partial charge in [-0.1, -0.05) is 11.6 Å². The van der Waals surface area contributed by atoms with E-state index in [1.165, 1.54) is 11.3 Å².